The van der Waals surface area contributed by atoms with Gasteiger partial charge in [-0.1, -0.05) is 55.5 Å². The Morgan fingerprint density at radius 3 is 2.78 bits per heavy atom. The molecule has 0 bridgehead atoms. The van der Waals surface area contributed by atoms with E-state index in [1.165, 1.54) is 5.56 Å². The summed E-state index contributed by atoms with van der Waals surface area (Å²) < 4.78 is 11.4. The van der Waals surface area contributed by atoms with Gasteiger partial charge < -0.3 is 9.47 Å². The van der Waals surface area contributed by atoms with Crippen molar-refractivity contribution in [3.63, 3.8) is 0 Å². The molecule has 23 heavy (non-hydrogen) atoms. The molecule has 0 spiro atoms. The van der Waals surface area contributed by atoms with E-state index in [2.05, 4.69) is 13.0 Å². The molecule has 4 heteroatoms. The summed E-state index contributed by atoms with van der Waals surface area (Å²) >= 11 is 0. The molecule has 4 rings (SSSR count). The van der Waals surface area contributed by atoms with E-state index in [4.69, 9.17) is 9.47 Å². The first-order valence-corrected chi connectivity index (χ1v) is 7.91. The number of hydrogen-bond acceptors (Lipinski definition) is 3. The molecule has 0 radical (unpaired) electrons. The summed E-state index contributed by atoms with van der Waals surface area (Å²) in [7, 11) is 0. The van der Waals surface area contributed by atoms with Crippen LogP contribution in [0, 0.1) is 0 Å². The van der Waals surface area contributed by atoms with Gasteiger partial charge in [0.25, 0.3) is 0 Å². The predicted molar refractivity (Wildman–Crippen MR) is 87.3 cm³/mol. The molecule has 2 aromatic rings. The SMILES string of the molecule is C[C@@]12CCO[C@@H]1N(C(=O)OCc1ccccc1)c1ccccc12. The fourth-order valence-corrected chi connectivity index (χ4v) is 3.59. The van der Waals surface area contributed by atoms with Crippen LogP contribution in [-0.4, -0.2) is 18.9 Å². The lowest BCUT2D eigenvalue weighted by Gasteiger charge is -2.27. The number of benzene rings is 2. The molecule has 1 saturated heterocycles. The van der Waals surface area contributed by atoms with Crippen LogP contribution in [-0.2, 0) is 21.5 Å². The number of para-hydroxylation sites is 1. The second kappa shape index (κ2) is 5.39. The predicted octanol–water partition coefficient (Wildman–Crippen LogP) is 3.85. The lowest BCUT2D eigenvalue weighted by atomic mass is 9.82. The van der Waals surface area contributed by atoms with E-state index in [-0.39, 0.29) is 24.3 Å². The van der Waals surface area contributed by atoms with Gasteiger partial charge >= 0.3 is 6.09 Å². The Labute approximate surface area is 135 Å². The normalized spacial score (nSPS) is 25.1. The minimum atomic E-state index is -0.350. The number of carbonyl (C=O) groups excluding carboxylic acids is 1. The van der Waals surface area contributed by atoms with Gasteiger partial charge in [-0.2, -0.15) is 0 Å². The van der Waals surface area contributed by atoms with Gasteiger partial charge in [-0.05, 0) is 23.6 Å². The van der Waals surface area contributed by atoms with E-state index < -0.39 is 0 Å². The smallest absolute Gasteiger partial charge is 0.416 e. The van der Waals surface area contributed by atoms with Crippen LogP contribution in [0.5, 0.6) is 0 Å². The second-order valence-electron chi connectivity index (χ2n) is 6.32. The van der Waals surface area contributed by atoms with Gasteiger partial charge in [0.2, 0.25) is 0 Å². The molecule has 2 aliphatic rings. The third-order valence-corrected chi connectivity index (χ3v) is 4.86. The van der Waals surface area contributed by atoms with Crippen LogP contribution in [0.2, 0.25) is 0 Å². The molecule has 1 amide bonds. The summed E-state index contributed by atoms with van der Waals surface area (Å²) in [6, 6.07) is 17.7. The summed E-state index contributed by atoms with van der Waals surface area (Å²) in [5, 5.41) is 0. The lowest BCUT2D eigenvalue weighted by molar-refractivity contribution is 0.0754. The topological polar surface area (TPSA) is 38.8 Å². The maximum Gasteiger partial charge on any atom is 0.416 e. The molecule has 2 heterocycles. The highest BCUT2D eigenvalue weighted by Crippen LogP contribution is 2.50. The van der Waals surface area contributed by atoms with Crippen LogP contribution >= 0.6 is 0 Å². The summed E-state index contributed by atoms with van der Waals surface area (Å²) in [6.45, 7) is 3.09. The van der Waals surface area contributed by atoms with E-state index in [0.29, 0.717) is 6.61 Å². The molecule has 1 fully saturated rings. The van der Waals surface area contributed by atoms with Crippen LogP contribution in [0.4, 0.5) is 10.5 Å². The van der Waals surface area contributed by atoms with Crippen LogP contribution < -0.4 is 4.90 Å². The van der Waals surface area contributed by atoms with Crippen molar-refractivity contribution < 1.29 is 14.3 Å². The molecular formula is C19H19NO3. The van der Waals surface area contributed by atoms with E-state index in [0.717, 1.165) is 17.7 Å². The van der Waals surface area contributed by atoms with Gasteiger partial charge in [-0.3, -0.25) is 0 Å². The van der Waals surface area contributed by atoms with E-state index in [1.54, 1.807) is 4.90 Å². The zero-order valence-electron chi connectivity index (χ0n) is 13.1. The number of anilines is 1. The summed E-state index contributed by atoms with van der Waals surface area (Å²) in [5.41, 5.74) is 2.89. The third-order valence-electron chi connectivity index (χ3n) is 4.86. The highest BCUT2D eigenvalue weighted by molar-refractivity contribution is 5.92. The van der Waals surface area contributed by atoms with Crippen molar-refractivity contribution in [1.29, 1.82) is 0 Å². The average Bonchev–Trinajstić information content (AvgIpc) is 3.07. The van der Waals surface area contributed by atoms with Crippen molar-refractivity contribution in [2.75, 3.05) is 11.5 Å². The van der Waals surface area contributed by atoms with Crippen LogP contribution in [0.25, 0.3) is 0 Å². The molecule has 0 aliphatic carbocycles. The van der Waals surface area contributed by atoms with Gasteiger partial charge in [0, 0.05) is 5.41 Å². The number of rotatable bonds is 2. The van der Waals surface area contributed by atoms with Crippen molar-refractivity contribution in [3.8, 4) is 0 Å². The number of fused-ring (bicyclic) bond motifs is 3. The second-order valence-corrected chi connectivity index (χ2v) is 6.32. The zero-order chi connectivity index (χ0) is 15.9. The van der Waals surface area contributed by atoms with Crippen molar-refractivity contribution in [1.82, 2.24) is 0 Å². The number of carbonyl (C=O) groups is 1. The number of ether oxygens (including phenoxy) is 2. The van der Waals surface area contributed by atoms with Gasteiger partial charge in [0.15, 0.2) is 0 Å². The summed E-state index contributed by atoms with van der Waals surface area (Å²) in [6.07, 6.45) is 0.289. The van der Waals surface area contributed by atoms with Crippen LogP contribution in [0.15, 0.2) is 54.6 Å². The number of nitrogens with zero attached hydrogens (tertiary/aromatic N) is 1. The highest BCUT2D eigenvalue weighted by atomic mass is 16.6. The van der Waals surface area contributed by atoms with E-state index in [1.807, 2.05) is 48.5 Å². The Hall–Kier alpha value is -2.33. The Kier molecular flexibility index (Phi) is 3.34. The molecule has 118 valence electrons. The van der Waals surface area contributed by atoms with Crippen LogP contribution in [0.1, 0.15) is 24.5 Å². The van der Waals surface area contributed by atoms with Gasteiger partial charge in [0.05, 0.1) is 12.3 Å². The molecular weight excluding hydrogens is 290 g/mol. The molecule has 0 aromatic heterocycles. The molecule has 0 N–H and O–H groups in total. The van der Waals surface area contributed by atoms with Gasteiger partial charge in [0.1, 0.15) is 12.8 Å². The quantitative estimate of drug-likeness (QED) is 0.846. The Balaban J connectivity index is 1.59. The molecule has 4 nitrogen and oxygen atoms in total. The molecule has 2 aromatic carbocycles. The van der Waals surface area contributed by atoms with Crippen molar-refractivity contribution in [3.05, 3.63) is 65.7 Å². The standard InChI is InChI=1S/C19H19NO3/c1-19-11-12-22-17(19)20(16-10-6-5-9-15(16)19)18(21)23-13-14-7-3-2-4-8-14/h2-10,17H,11-13H2,1H3/t17-,19-/m0/s1. The first-order chi connectivity index (χ1) is 11.2. The number of hydrogen-bond donors (Lipinski definition) is 0. The van der Waals surface area contributed by atoms with Crippen LogP contribution in [0.3, 0.4) is 0 Å². The minimum absolute atomic E-state index is 0.150. The van der Waals surface area contributed by atoms with E-state index >= 15 is 0 Å². The molecule has 0 unspecified atom stereocenters. The Morgan fingerprint density at radius 1 is 1.22 bits per heavy atom. The first-order valence-electron chi connectivity index (χ1n) is 7.91. The van der Waals surface area contributed by atoms with Gasteiger partial charge in [-0.15, -0.1) is 0 Å². The molecule has 2 atom stereocenters. The molecule has 2 aliphatic heterocycles. The maximum atomic E-state index is 12.7. The molecule has 0 saturated carbocycles. The van der Waals surface area contributed by atoms with Gasteiger partial charge in [-0.25, -0.2) is 9.69 Å². The average molecular weight is 309 g/mol. The summed E-state index contributed by atoms with van der Waals surface area (Å²) in [5.74, 6) is 0. The monoisotopic (exact) mass is 309 g/mol. The maximum absolute atomic E-state index is 12.7. The lowest BCUT2D eigenvalue weighted by Crippen LogP contribution is -2.44. The third kappa shape index (κ3) is 2.21. The zero-order valence-corrected chi connectivity index (χ0v) is 13.1. The van der Waals surface area contributed by atoms with Crippen molar-refractivity contribution in [2.45, 2.75) is 31.6 Å². The van der Waals surface area contributed by atoms with Crippen molar-refractivity contribution in [2.24, 2.45) is 0 Å². The van der Waals surface area contributed by atoms with E-state index in [9.17, 15) is 4.79 Å². The minimum Gasteiger partial charge on any atom is -0.444 e. The highest BCUT2D eigenvalue weighted by Gasteiger charge is 2.54. The fraction of sp³-hybridized carbons (Fsp3) is 0.316. The largest absolute Gasteiger partial charge is 0.444 e. The Bertz CT molecular complexity index is 730. The number of amides is 1. The van der Waals surface area contributed by atoms with Crippen molar-refractivity contribution >= 4 is 11.8 Å². The summed E-state index contributed by atoms with van der Waals surface area (Å²) in [4.78, 5) is 14.4. The first kappa shape index (κ1) is 14.3. The Morgan fingerprint density at radius 2 is 1.96 bits per heavy atom. The fourth-order valence-electron chi connectivity index (χ4n) is 3.59.